The first-order chi connectivity index (χ1) is 17.5. The van der Waals surface area contributed by atoms with Gasteiger partial charge in [-0.05, 0) is 55.1 Å². The molecule has 3 fully saturated rings. The number of methoxy groups -OCH3 is 2. The Morgan fingerprint density at radius 3 is 2.53 bits per heavy atom. The molecular weight excluding hydrogens is 463 g/mol. The lowest BCUT2D eigenvalue weighted by atomic mass is 9.90. The molecule has 3 aliphatic rings. The van der Waals surface area contributed by atoms with Crippen LogP contribution in [0.25, 0.3) is 0 Å². The average molecular weight is 499 g/mol. The van der Waals surface area contributed by atoms with Gasteiger partial charge in [0.25, 0.3) is 0 Å². The monoisotopic (exact) mass is 498 g/mol. The van der Waals surface area contributed by atoms with E-state index in [4.69, 9.17) is 14.2 Å². The van der Waals surface area contributed by atoms with Crippen molar-refractivity contribution < 1.29 is 23.4 Å². The fourth-order valence-electron chi connectivity index (χ4n) is 5.44. The second-order valence-corrected chi connectivity index (χ2v) is 10.1. The van der Waals surface area contributed by atoms with Gasteiger partial charge in [0.2, 0.25) is 11.9 Å². The molecule has 194 valence electrons. The molecular formula is C27H35FN4O4. The summed E-state index contributed by atoms with van der Waals surface area (Å²) in [5.74, 6) is 3.71. The van der Waals surface area contributed by atoms with E-state index in [-0.39, 0.29) is 24.2 Å². The molecule has 8 nitrogen and oxygen atoms in total. The summed E-state index contributed by atoms with van der Waals surface area (Å²) in [4.78, 5) is 25.1. The highest BCUT2D eigenvalue weighted by Gasteiger charge is 2.43. The number of amides is 1. The van der Waals surface area contributed by atoms with Crippen molar-refractivity contribution in [1.29, 1.82) is 0 Å². The molecule has 0 bridgehead atoms. The van der Waals surface area contributed by atoms with Crippen LogP contribution in [0, 0.1) is 23.6 Å². The summed E-state index contributed by atoms with van der Waals surface area (Å²) < 4.78 is 30.7. The Labute approximate surface area is 211 Å². The summed E-state index contributed by atoms with van der Waals surface area (Å²) >= 11 is 0. The molecule has 0 spiro atoms. The average Bonchev–Trinajstić information content (AvgIpc) is 3.65. The molecule has 1 saturated carbocycles. The number of aromatic nitrogens is 2. The van der Waals surface area contributed by atoms with Gasteiger partial charge < -0.3 is 24.0 Å². The van der Waals surface area contributed by atoms with Gasteiger partial charge in [-0.25, -0.2) is 14.4 Å². The highest BCUT2D eigenvalue weighted by atomic mass is 19.1. The smallest absolute Gasteiger partial charge is 0.227 e. The predicted octanol–water partition coefficient (Wildman–Crippen LogP) is 3.35. The third kappa shape index (κ3) is 5.72. The lowest BCUT2D eigenvalue weighted by molar-refractivity contribution is -0.142. The second-order valence-electron chi connectivity index (χ2n) is 10.1. The van der Waals surface area contributed by atoms with Crippen LogP contribution in [0.2, 0.25) is 0 Å². The molecule has 2 saturated heterocycles. The van der Waals surface area contributed by atoms with Gasteiger partial charge in [0, 0.05) is 39.4 Å². The highest BCUT2D eigenvalue weighted by molar-refractivity contribution is 5.79. The number of anilines is 1. The number of piperidine rings is 1. The Bertz CT molecular complexity index is 1040. The third-order valence-corrected chi connectivity index (χ3v) is 7.91. The van der Waals surface area contributed by atoms with E-state index in [1.165, 1.54) is 12.5 Å². The van der Waals surface area contributed by atoms with Crippen LogP contribution in [-0.2, 0) is 16.0 Å². The Kier molecular flexibility index (Phi) is 7.55. The summed E-state index contributed by atoms with van der Waals surface area (Å²) in [5.41, 5.74) is 0.404. The number of nitrogens with zero attached hydrogens (tertiary/aromatic N) is 4. The number of hydrogen-bond acceptors (Lipinski definition) is 7. The van der Waals surface area contributed by atoms with Crippen molar-refractivity contribution in [1.82, 2.24) is 14.9 Å². The van der Waals surface area contributed by atoms with E-state index in [0.717, 1.165) is 50.1 Å². The van der Waals surface area contributed by atoms with Crippen LogP contribution < -0.4 is 14.4 Å². The van der Waals surface area contributed by atoms with Crippen LogP contribution >= 0.6 is 0 Å². The summed E-state index contributed by atoms with van der Waals surface area (Å²) in [6.45, 7) is 3.71. The summed E-state index contributed by atoms with van der Waals surface area (Å²) in [7, 11) is 3.25. The Morgan fingerprint density at radius 1 is 1.11 bits per heavy atom. The topological polar surface area (TPSA) is 77.0 Å². The quantitative estimate of drug-likeness (QED) is 0.497. The van der Waals surface area contributed by atoms with Gasteiger partial charge in [0.05, 0.1) is 38.6 Å². The predicted molar refractivity (Wildman–Crippen MR) is 133 cm³/mol. The maximum Gasteiger partial charge on any atom is 0.227 e. The van der Waals surface area contributed by atoms with Crippen molar-refractivity contribution in [3.8, 4) is 11.5 Å². The fraction of sp³-hybridized carbons (Fsp3) is 0.593. The zero-order valence-electron chi connectivity index (χ0n) is 21.1. The van der Waals surface area contributed by atoms with E-state index >= 15 is 0 Å². The number of carbonyl (C=O) groups is 1. The fourth-order valence-corrected chi connectivity index (χ4v) is 5.44. The van der Waals surface area contributed by atoms with Crippen LogP contribution in [0.5, 0.6) is 11.5 Å². The molecule has 1 amide bonds. The van der Waals surface area contributed by atoms with Crippen molar-refractivity contribution in [3.05, 3.63) is 42.0 Å². The minimum Gasteiger partial charge on any atom is -0.494 e. The zero-order valence-corrected chi connectivity index (χ0v) is 21.1. The molecule has 5 rings (SSSR count). The SMILES string of the molecule is COc1cnc(N2CCC(C3CC3CCOc3ccc(CC(=O)N4CC(OC)C4)c(F)c3)CC2)nc1. The van der Waals surface area contributed by atoms with Crippen LogP contribution in [0.4, 0.5) is 10.3 Å². The first-order valence-corrected chi connectivity index (χ1v) is 12.9. The van der Waals surface area contributed by atoms with E-state index in [9.17, 15) is 9.18 Å². The molecule has 0 N–H and O–H groups in total. The van der Waals surface area contributed by atoms with Gasteiger partial charge in [0.1, 0.15) is 11.6 Å². The van der Waals surface area contributed by atoms with Crippen LogP contribution in [0.3, 0.4) is 0 Å². The van der Waals surface area contributed by atoms with Crippen LogP contribution in [0.1, 0.15) is 31.2 Å². The maximum atomic E-state index is 14.5. The normalized spacial score (nSPS) is 22.3. The number of rotatable bonds is 10. The van der Waals surface area contributed by atoms with Crippen molar-refractivity contribution in [2.75, 3.05) is 51.9 Å². The number of halogens is 1. The lowest BCUT2D eigenvalue weighted by Crippen LogP contribution is -2.54. The molecule has 1 aliphatic carbocycles. The summed E-state index contributed by atoms with van der Waals surface area (Å²) in [5, 5.41) is 0. The lowest BCUT2D eigenvalue weighted by Gasteiger charge is -2.38. The van der Waals surface area contributed by atoms with Gasteiger partial charge in [-0.2, -0.15) is 0 Å². The van der Waals surface area contributed by atoms with Crippen molar-refractivity contribution >= 4 is 11.9 Å². The number of ether oxygens (including phenoxy) is 3. The van der Waals surface area contributed by atoms with Crippen molar-refractivity contribution in [2.45, 2.75) is 38.2 Å². The number of hydrogen-bond donors (Lipinski definition) is 0. The minimum absolute atomic E-state index is 0.0652. The van der Waals surface area contributed by atoms with Gasteiger partial charge >= 0.3 is 0 Å². The third-order valence-electron chi connectivity index (χ3n) is 7.91. The molecule has 0 radical (unpaired) electrons. The van der Waals surface area contributed by atoms with Gasteiger partial charge in [-0.3, -0.25) is 4.79 Å². The number of benzene rings is 1. The zero-order chi connectivity index (χ0) is 25.1. The number of carbonyl (C=O) groups excluding carboxylic acids is 1. The van der Waals surface area contributed by atoms with Gasteiger partial charge in [-0.1, -0.05) is 6.07 Å². The standard InChI is InChI=1S/C27H35FN4O4/c1-34-22-14-29-27(30-15-22)31-8-5-18(6-9-31)24-11-19(24)7-10-36-21-4-3-20(25(28)13-21)12-26(33)32-16-23(17-32)35-2/h3-4,13-15,18-19,23-24H,5-12,16-17H2,1-2H3. The van der Waals surface area contributed by atoms with Crippen molar-refractivity contribution in [3.63, 3.8) is 0 Å². The molecule has 2 unspecified atom stereocenters. The van der Waals surface area contributed by atoms with Gasteiger partial charge in [0.15, 0.2) is 5.75 Å². The largest absolute Gasteiger partial charge is 0.494 e. The maximum absolute atomic E-state index is 14.5. The van der Waals surface area contributed by atoms with E-state index in [0.29, 0.717) is 42.7 Å². The Balaban J connectivity index is 1.01. The Hall–Kier alpha value is -2.94. The van der Waals surface area contributed by atoms with Crippen molar-refractivity contribution in [2.24, 2.45) is 17.8 Å². The van der Waals surface area contributed by atoms with Gasteiger partial charge in [-0.15, -0.1) is 0 Å². The van der Waals surface area contributed by atoms with Crippen LogP contribution in [-0.4, -0.2) is 73.9 Å². The van der Waals surface area contributed by atoms with Crippen LogP contribution in [0.15, 0.2) is 30.6 Å². The summed E-state index contributed by atoms with van der Waals surface area (Å²) in [6.07, 6.45) is 8.16. The molecule has 2 atom stereocenters. The first-order valence-electron chi connectivity index (χ1n) is 12.9. The number of likely N-dealkylation sites (tertiary alicyclic amines) is 1. The Morgan fingerprint density at radius 2 is 1.86 bits per heavy atom. The van der Waals surface area contributed by atoms with E-state index in [1.54, 1.807) is 43.6 Å². The molecule has 36 heavy (non-hydrogen) atoms. The van der Waals surface area contributed by atoms with E-state index in [1.807, 2.05) is 0 Å². The molecule has 2 aliphatic heterocycles. The summed E-state index contributed by atoms with van der Waals surface area (Å²) in [6, 6.07) is 4.83. The molecule has 3 heterocycles. The molecule has 2 aromatic rings. The molecule has 9 heteroatoms. The molecule has 1 aromatic carbocycles. The second kappa shape index (κ2) is 11.0. The first kappa shape index (κ1) is 24.7. The minimum atomic E-state index is -0.387. The van der Waals surface area contributed by atoms with E-state index in [2.05, 4.69) is 14.9 Å². The highest BCUT2D eigenvalue weighted by Crippen LogP contribution is 2.49. The van der Waals surface area contributed by atoms with E-state index < -0.39 is 0 Å². The molecule has 1 aromatic heterocycles.